The molecule has 2 aromatic carbocycles. The average Bonchev–Trinajstić information content (AvgIpc) is 3.05. The molecular formula is C22H24ClN3O. The summed E-state index contributed by atoms with van der Waals surface area (Å²) in [6.45, 7) is 7.63. The summed E-state index contributed by atoms with van der Waals surface area (Å²) in [4.78, 5) is 12.2. The van der Waals surface area contributed by atoms with Crippen molar-refractivity contribution in [1.29, 1.82) is 0 Å². The van der Waals surface area contributed by atoms with Crippen LogP contribution >= 0.6 is 11.6 Å². The van der Waals surface area contributed by atoms with Gasteiger partial charge >= 0.3 is 6.03 Å². The molecule has 0 unspecified atom stereocenters. The van der Waals surface area contributed by atoms with E-state index in [1.807, 2.05) is 30.5 Å². The van der Waals surface area contributed by atoms with E-state index in [9.17, 15) is 4.79 Å². The molecule has 4 nitrogen and oxygen atoms in total. The number of anilines is 1. The number of halogens is 1. The third-order valence-electron chi connectivity index (χ3n) is 4.64. The number of aromatic nitrogens is 1. The fourth-order valence-electron chi connectivity index (χ4n) is 3.29. The van der Waals surface area contributed by atoms with Gasteiger partial charge in [-0.3, -0.25) is 0 Å². The molecule has 3 rings (SSSR count). The van der Waals surface area contributed by atoms with Gasteiger partial charge in [0.2, 0.25) is 0 Å². The molecule has 1 aromatic heterocycles. The highest BCUT2D eigenvalue weighted by molar-refractivity contribution is 6.33. The molecule has 0 aliphatic heterocycles. The second-order valence-corrected chi connectivity index (χ2v) is 7.20. The Bertz CT molecular complexity index is 939. The zero-order valence-electron chi connectivity index (χ0n) is 15.8. The van der Waals surface area contributed by atoms with Gasteiger partial charge < -0.3 is 15.2 Å². The molecule has 3 aromatic rings. The van der Waals surface area contributed by atoms with Crippen LogP contribution in [0.5, 0.6) is 0 Å². The molecule has 0 fully saturated rings. The van der Waals surface area contributed by atoms with Gasteiger partial charge in [0, 0.05) is 18.4 Å². The molecular weight excluding hydrogens is 358 g/mol. The lowest BCUT2D eigenvalue weighted by Gasteiger charge is -2.15. The first-order chi connectivity index (χ1) is 12.9. The van der Waals surface area contributed by atoms with Crippen LogP contribution in [0.2, 0.25) is 5.02 Å². The summed E-state index contributed by atoms with van der Waals surface area (Å²) in [5.41, 5.74) is 6.81. The van der Waals surface area contributed by atoms with Crippen molar-refractivity contribution in [2.24, 2.45) is 0 Å². The first-order valence-electron chi connectivity index (χ1n) is 8.94. The van der Waals surface area contributed by atoms with Crippen LogP contribution in [-0.4, -0.2) is 10.6 Å². The molecule has 140 valence electrons. The molecule has 5 heteroatoms. The molecule has 0 saturated carbocycles. The minimum atomic E-state index is -0.279. The number of urea groups is 1. The zero-order chi connectivity index (χ0) is 19.4. The van der Waals surface area contributed by atoms with Crippen LogP contribution in [0.15, 0.2) is 54.7 Å². The molecule has 2 amide bonds. The molecule has 0 aliphatic rings. The largest absolute Gasteiger partial charge is 0.345 e. The van der Waals surface area contributed by atoms with E-state index in [1.54, 1.807) is 12.1 Å². The summed E-state index contributed by atoms with van der Waals surface area (Å²) in [6, 6.07) is 15.3. The van der Waals surface area contributed by atoms with Crippen LogP contribution in [-0.2, 0) is 13.1 Å². The van der Waals surface area contributed by atoms with E-state index in [0.717, 1.165) is 12.2 Å². The maximum atomic E-state index is 12.2. The lowest BCUT2D eigenvalue weighted by atomic mass is 10.00. The summed E-state index contributed by atoms with van der Waals surface area (Å²) in [7, 11) is 0. The summed E-state index contributed by atoms with van der Waals surface area (Å²) in [5.74, 6) is 0. The first-order valence-corrected chi connectivity index (χ1v) is 9.32. The average molecular weight is 382 g/mol. The number of aryl methyl sites for hydroxylation is 3. The monoisotopic (exact) mass is 381 g/mol. The predicted octanol–water partition coefficient (Wildman–Crippen LogP) is 5.44. The lowest BCUT2D eigenvalue weighted by molar-refractivity contribution is 0.251. The molecule has 0 atom stereocenters. The Morgan fingerprint density at radius 1 is 1.04 bits per heavy atom. The third kappa shape index (κ3) is 4.72. The number of amides is 2. The normalized spacial score (nSPS) is 10.7. The molecule has 0 saturated heterocycles. The number of hydrogen-bond acceptors (Lipinski definition) is 1. The smallest absolute Gasteiger partial charge is 0.319 e. The van der Waals surface area contributed by atoms with Crippen LogP contribution in [0.4, 0.5) is 10.5 Å². The Morgan fingerprint density at radius 2 is 1.74 bits per heavy atom. The van der Waals surface area contributed by atoms with Gasteiger partial charge in [-0.25, -0.2) is 4.79 Å². The van der Waals surface area contributed by atoms with Crippen molar-refractivity contribution in [2.75, 3.05) is 5.32 Å². The number of nitrogens with one attached hydrogen (secondary N) is 2. The lowest BCUT2D eigenvalue weighted by Crippen LogP contribution is -2.29. The van der Waals surface area contributed by atoms with Crippen LogP contribution in [0.25, 0.3) is 0 Å². The van der Waals surface area contributed by atoms with Crippen molar-refractivity contribution in [2.45, 2.75) is 33.9 Å². The van der Waals surface area contributed by atoms with Gasteiger partial charge in [0.15, 0.2) is 0 Å². The first kappa shape index (κ1) is 19.1. The Hall–Kier alpha value is -2.72. The number of hydrogen-bond donors (Lipinski definition) is 2. The molecule has 1 heterocycles. The highest BCUT2D eigenvalue weighted by Crippen LogP contribution is 2.21. The SMILES string of the molecule is Cc1cc(C)c(Cn2cccc2CNC(=O)Nc2ccccc2Cl)c(C)c1. The number of carbonyl (C=O) groups is 1. The Balaban J connectivity index is 1.66. The number of benzene rings is 2. The number of para-hydroxylation sites is 1. The van der Waals surface area contributed by atoms with Crippen molar-refractivity contribution in [1.82, 2.24) is 9.88 Å². The van der Waals surface area contributed by atoms with Gasteiger partial charge in [-0.1, -0.05) is 41.4 Å². The van der Waals surface area contributed by atoms with E-state index in [1.165, 1.54) is 22.3 Å². The van der Waals surface area contributed by atoms with Crippen molar-refractivity contribution in [3.8, 4) is 0 Å². The number of rotatable bonds is 5. The minimum absolute atomic E-state index is 0.279. The Kier molecular flexibility index (Phi) is 5.87. The fourth-order valence-corrected chi connectivity index (χ4v) is 3.48. The Labute approximate surface area is 165 Å². The number of carbonyl (C=O) groups excluding carboxylic acids is 1. The van der Waals surface area contributed by atoms with Crippen molar-refractivity contribution < 1.29 is 4.79 Å². The van der Waals surface area contributed by atoms with Gasteiger partial charge in [0.05, 0.1) is 17.3 Å². The highest BCUT2D eigenvalue weighted by atomic mass is 35.5. The van der Waals surface area contributed by atoms with E-state index < -0.39 is 0 Å². The quantitative estimate of drug-likeness (QED) is 0.607. The van der Waals surface area contributed by atoms with E-state index >= 15 is 0 Å². The minimum Gasteiger partial charge on any atom is -0.345 e. The standard InChI is InChI=1S/C22H24ClN3O/c1-15-11-16(2)19(17(3)12-15)14-26-10-6-7-18(26)13-24-22(27)25-21-9-5-4-8-20(21)23/h4-12H,13-14H2,1-3H3,(H2,24,25,27). The molecule has 0 radical (unpaired) electrons. The van der Waals surface area contributed by atoms with Gasteiger partial charge in [0.1, 0.15) is 0 Å². The predicted molar refractivity (Wildman–Crippen MR) is 111 cm³/mol. The molecule has 0 aliphatic carbocycles. The summed E-state index contributed by atoms with van der Waals surface area (Å²) < 4.78 is 2.17. The van der Waals surface area contributed by atoms with Crippen LogP contribution < -0.4 is 10.6 Å². The van der Waals surface area contributed by atoms with E-state index in [2.05, 4.69) is 48.1 Å². The van der Waals surface area contributed by atoms with Crippen LogP contribution in [0.3, 0.4) is 0 Å². The van der Waals surface area contributed by atoms with Gasteiger partial charge in [-0.15, -0.1) is 0 Å². The fraction of sp³-hybridized carbons (Fsp3) is 0.227. The Morgan fingerprint density at radius 3 is 2.44 bits per heavy atom. The molecule has 2 N–H and O–H groups in total. The second-order valence-electron chi connectivity index (χ2n) is 6.79. The second kappa shape index (κ2) is 8.31. The van der Waals surface area contributed by atoms with E-state index in [-0.39, 0.29) is 6.03 Å². The summed E-state index contributed by atoms with van der Waals surface area (Å²) >= 11 is 6.08. The maximum Gasteiger partial charge on any atom is 0.319 e. The van der Waals surface area contributed by atoms with E-state index in [0.29, 0.717) is 17.3 Å². The zero-order valence-corrected chi connectivity index (χ0v) is 16.6. The van der Waals surface area contributed by atoms with Gasteiger partial charge in [-0.2, -0.15) is 0 Å². The van der Waals surface area contributed by atoms with Gasteiger partial charge in [-0.05, 0) is 61.7 Å². The van der Waals surface area contributed by atoms with E-state index in [4.69, 9.17) is 11.6 Å². The molecule has 27 heavy (non-hydrogen) atoms. The van der Waals surface area contributed by atoms with Gasteiger partial charge in [0.25, 0.3) is 0 Å². The van der Waals surface area contributed by atoms with Crippen molar-refractivity contribution in [3.63, 3.8) is 0 Å². The van der Waals surface area contributed by atoms with Crippen LogP contribution in [0.1, 0.15) is 27.9 Å². The third-order valence-corrected chi connectivity index (χ3v) is 4.97. The summed E-state index contributed by atoms with van der Waals surface area (Å²) in [6.07, 6.45) is 2.04. The van der Waals surface area contributed by atoms with Crippen molar-refractivity contribution >= 4 is 23.3 Å². The summed E-state index contributed by atoms with van der Waals surface area (Å²) in [5, 5.41) is 6.19. The topological polar surface area (TPSA) is 46.1 Å². The van der Waals surface area contributed by atoms with Crippen LogP contribution in [0, 0.1) is 20.8 Å². The molecule has 0 bridgehead atoms. The maximum absolute atomic E-state index is 12.2. The highest BCUT2D eigenvalue weighted by Gasteiger charge is 2.09. The van der Waals surface area contributed by atoms with Crippen molar-refractivity contribution in [3.05, 3.63) is 87.7 Å². The molecule has 0 spiro atoms. The number of nitrogens with zero attached hydrogens (tertiary/aromatic N) is 1.